The van der Waals surface area contributed by atoms with Crippen LogP contribution in [0.25, 0.3) is 0 Å². The summed E-state index contributed by atoms with van der Waals surface area (Å²) in [5.74, 6) is -1.02. The minimum absolute atomic E-state index is 0.0626. The summed E-state index contributed by atoms with van der Waals surface area (Å²) < 4.78 is 0.764. The highest BCUT2D eigenvalue weighted by atomic mass is 79.9. The Bertz CT molecular complexity index is 391. The fraction of sp³-hybridized carbons (Fsp3) is 0.400. The number of aliphatic carboxylic acids is 1. The third-order valence-electron chi connectivity index (χ3n) is 1.99. The number of carbonyl (C=O) groups is 2. The van der Waals surface area contributed by atoms with Crippen molar-refractivity contribution in [2.45, 2.75) is 25.8 Å². The Kier molecular flexibility index (Phi) is 4.95. The van der Waals surface area contributed by atoms with Gasteiger partial charge in [0.2, 0.25) is 0 Å². The van der Waals surface area contributed by atoms with E-state index in [1.807, 2.05) is 11.4 Å². The van der Waals surface area contributed by atoms with Crippen LogP contribution in [0, 0.1) is 0 Å². The van der Waals surface area contributed by atoms with Crippen LogP contribution in [0.2, 0.25) is 0 Å². The first kappa shape index (κ1) is 13.2. The van der Waals surface area contributed by atoms with Crippen LogP contribution in [0.4, 0.5) is 0 Å². The van der Waals surface area contributed by atoms with Crippen LogP contribution in [-0.2, 0) is 4.79 Å². The predicted molar refractivity (Wildman–Crippen MR) is 65.8 cm³/mol. The lowest BCUT2D eigenvalue weighted by Crippen LogP contribution is -2.32. The molecule has 0 bridgehead atoms. The van der Waals surface area contributed by atoms with Crippen molar-refractivity contribution < 1.29 is 14.7 Å². The Hall–Kier alpha value is -0.880. The molecule has 1 aromatic heterocycles. The van der Waals surface area contributed by atoms with Gasteiger partial charge in [0.05, 0.1) is 0 Å². The van der Waals surface area contributed by atoms with E-state index in [2.05, 4.69) is 21.2 Å². The number of halogens is 1. The summed E-state index contributed by atoms with van der Waals surface area (Å²) in [7, 11) is 0. The molecule has 6 heteroatoms. The molecule has 0 spiro atoms. The SMILES string of the molecule is CC(CCC(=O)O)NC(=O)c1sccc1Br. The molecule has 4 nitrogen and oxygen atoms in total. The number of amides is 1. The van der Waals surface area contributed by atoms with Crippen molar-refractivity contribution in [1.82, 2.24) is 5.32 Å². The Morgan fingerprint density at radius 1 is 1.62 bits per heavy atom. The number of nitrogens with one attached hydrogen (secondary N) is 1. The van der Waals surface area contributed by atoms with Gasteiger partial charge in [-0.05, 0) is 40.7 Å². The molecule has 88 valence electrons. The van der Waals surface area contributed by atoms with Crippen LogP contribution >= 0.6 is 27.3 Å². The number of hydrogen-bond donors (Lipinski definition) is 2. The molecule has 0 aliphatic rings. The number of carboxylic acid groups (broad SMARTS) is 1. The molecule has 0 aliphatic carbocycles. The average Bonchev–Trinajstić information content (AvgIpc) is 2.61. The summed E-state index contributed by atoms with van der Waals surface area (Å²) >= 11 is 4.62. The van der Waals surface area contributed by atoms with E-state index in [1.54, 1.807) is 6.92 Å². The fourth-order valence-corrected chi connectivity index (χ4v) is 2.61. The molecular weight excluding hydrogens is 294 g/mol. The van der Waals surface area contributed by atoms with Crippen LogP contribution in [-0.4, -0.2) is 23.0 Å². The quantitative estimate of drug-likeness (QED) is 0.878. The molecule has 2 N–H and O–H groups in total. The predicted octanol–water partition coefficient (Wildman–Crippen LogP) is 2.49. The first-order valence-corrected chi connectivity index (χ1v) is 6.43. The number of rotatable bonds is 5. The van der Waals surface area contributed by atoms with E-state index < -0.39 is 5.97 Å². The van der Waals surface area contributed by atoms with Crippen LogP contribution in [0.15, 0.2) is 15.9 Å². The molecule has 16 heavy (non-hydrogen) atoms. The molecule has 1 heterocycles. The van der Waals surface area contributed by atoms with Crippen LogP contribution in [0.1, 0.15) is 29.4 Å². The van der Waals surface area contributed by atoms with E-state index in [0.29, 0.717) is 11.3 Å². The van der Waals surface area contributed by atoms with Gasteiger partial charge >= 0.3 is 5.97 Å². The fourth-order valence-electron chi connectivity index (χ4n) is 1.16. The highest BCUT2D eigenvalue weighted by Gasteiger charge is 2.14. The van der Waals surface area contributed by atoms with Crippen molar-refractivity contribution in [3.63, 3.8) is 0 Å². The molecule has 1 rings (SSSR count). The normalized spacial score (nSPS) is 12.1. The van der Waals surface area contributed by atoms with E-state index in [1.165, 1.54) is 11.3 Å². The van der Waals surface area contributed by atoms with E-state index >= 15 is 0 Å². The highest BCUT2D eigenvalue weighted by Crippen LogP contribution is 2.22. The van der Waals surface area contributed by atoms with Crippen molar-refractivity contribution in [2.75, 3.05) is 0 Å². The molecule has 1 amide bonds. The molecule has 1 aromatic rings. The summed E-state index contributed by atoms with van der Waals surface area (Å²) in [5.41, 5.74) is 0. The minimum Gasteiger partial charge on any atom is -0.481 e. The van der Waals surface area contributed by atoms with Crippen molar-refractivity contribution >= 4 is 39.1 Å². The summed E-state index contributed by atoms with van der Waals surface area (Å²) in [6, 6.07) is 1.67. The summed E-state index contributed by atoms with van der Waals surface area (Å²) in [6.45, 7) is 1.79. The van der Waals surface area contributed by atoms with E-state index in [0.717, 1.165) is 4.47 Å². The number of thiophene rings is 1. The number of carbonyl (C=O) groups excluding carboxylic acids is 1. The summed E-state index contributed by atoms with van der Waals surface area (Å²) in [6.07, 6.45) is 0.497. The van der Waals surface area contributed by atoms with Crippen molar-refractivity contribution in [1.29, 1.82) is 0 Å². The van der Waals surface area contributed by atoms with Crippen LogP contribution < -0.4 is 5.32 Å². The second-order valence-electron chi connectivity index (χ2n) is 3.40. The van der Waals surface area contributed by atoms with Crippen LogP contribution in [0.3, 0.4) is 0 Å². The monoisotopic (exact) mass is 305 g/mol. The molecule has 0 radical (unpaired) electrons. The largest absolute Gasteiger partial charge is 0.481 e. The summed E-state index contributed by atoms with van der Waals surface area (Å²) in [4.78, 5) is 22.7. The molecule has 0 saturated heterocycles. The lowest BCUT2D eigenvalue weighted by Gasteiger charge is -2.11. The van der Waals surface area contributed by atoms with E-state index in [4.69, 9.17) is 5.11 Å². The topological polar surface area (TPSA) is 66.4 Å². The highest BCUT2D eigenvalue weighted by molar-refractivity contribution is 9.10. The van der Waals surface area contributed by atoms with Crippen molar-refractivity contribution in [2.24, 2.45) is 0 Å². The lowest BCUT2D eigenvalue weighted by molar-refractivity contribution is -0.137. The Morgan fingerprint density at radius 2 is 2.31 bits per heavy atom. The van der Waals surface area contributed by atoms with Gasteiger partial charge in [-0.2, -0.15) is 0 Å². The zero-order valence-electron chi connectivity index (χ0n) is 8.70. The van der Waals surface area contributed by atoms with Gasteiger partial charge < -0.3 is 10.4 Å². The van der Waals surface area contributed by atoms with E-state index in [-0.39, 0.29) is 18.4 Å². The second-order valence-corrected chi connectivity index (χ2v) is 5.18. The Labute approximate surface area is 106 Å². The molecular formula is C10H12BrNO3S. The maximum atomic E-state index is 11.7. The first-order valence-electron chi connectivity index (χ1n) is 4.76. The lowest BCUT2D eigenvalue weighted by atomic mass is 10.2. The van der Waals surface area contributed by atoms with E-state index in [9.17, 15) is 9.59 Å². The van der Waals surface area contributed by atoms with Gasteiger partial charge in [-0.3, -0.25) is 9.59 Å². The molecule has 0 aromatic carbocycles. The zero-order valence-corrected chi connectivity index (χ0v) is 11.1. The standard InChI is InChI=1S/C10H12BrNO3S/c1-6(2-3-8(13)14)12-10(15)9-7(11)4-5-16-9/h4-6H,2-3H2,1H3,(H,12,15)(H,13,14). The third kappa shape index (κ3) is 3.94. The van der Waals surface area contributed by atoms with Gasteiger partial charge in [-0.25, -0.2) is 0 Å². The number of hydrogen-bond acceptors (Lipinski definition) is 3. The minimum atomic E-state index is -0.849. The van der Waals surface area contributed by atoms with Crippen molar-refractivity contribution in [3.05, 3.63) is 20.8 Å². The number of carboxylic acids is 1. The van der Waals surface area contributed by atoms with Gasteiger partial charge in [-0.1, -0.05) is 0 Å². The third-order valence-corrected chi connectivity index (χ3v) is 3.83. The first-order chi connectivity index (χ1) is 7.50. The van der Waals surface area contributed by atoms with Gasteiger partial charge in [-0.15, -0.1) is 11.3 Å². The maximum absolute atomic E-state index is 11.7. The Morgan fingerprint density at radius 3 is 2.81 bits per heavy atom. The average molecular weight is 306 g/mol. The molecule has 0 fully saturated rings. The maximum Gasteiger partial charge on any atom is 0.303 e. The van der Waals surface area contributed by atoms with Gasteiger partial charge in [0, 0.05) is 16.9 Å². The zero-order chi connectivity index (χ0) is 12.1. The van der Waals surface area contributed by atoms with Crippen LogP contribution in [0.5, 0.6) is 0 Å². The molecule has 0 aliphatic heterocycles. The Balaban J connectivity index is 2.46. The molecule has 1 atom stereocenters. The smallest absolute Gasteiger partial charge is 0.303 e. The van der Waals surface area contributed by atoms with Gasteiger partial charge in [0.15, 0.2) is 0 Å². The second kappa shape index (κ2) is 6.00. The van der Waals surface area contributed by atoms with Gasteiger partial charge in [0.1, 0.15) is 4.88 Å². The molecule has 1 unspecified atom stereocenters. The summed E-state index contributed by atoms with van der Waals surface area (Å²) in [5, 5.41) is 13.1. The van der Waals surface area contributed by atoms with Crippen molar-refractivity contribution in [3.8, 4) is 0 Å². The van der Waals surface area contributed by atoms with Gasteiger partial charge in [0.25, 0.3) is 5.91 Å². The molecule has 0 saturated carbocycles.